The molecule has 8 atom stereocenters. The number of rotatable bonds is 7. The zero-order valence-corrected chi connectivity index (χ0v) is 17.6. The molecule has 8 heteroatoms. The van der Waals surface area contributed by atoms with Crippen LogP contribution in [-0.4, -0.2) is 35.7 Å². The molecular weight excluding hydrogens is 400 g/mol. The molecule has 0 aromatic rings. The summed E-state index contributed by atoms with van der Waals surface area (Å²) in [6, 6.07) is -1.24. The van der Waals surface area contributed by atoms with E-state index in [1.165, 1.54) is 0 Å². The predicted octanol–water partition coefficient (Wildman–Crippen LogP) is 4.14. The summed E-state index contributed by atoms with van der Waals surface area (Å²) >= 11 is 0. The highest BCUT2D eigenvalue weighted by Gasteiger charge is 2.67. The van der Waals surface area contributed by atoms with Gasteiger partial charge in [0.05, 0.1) is 0 Å². The normalized spacial score (nSPS) is 37.3. The number of carbonyl (C=O) groups is 2. The molecule has 4 saturated carbocycles. The Morgan fingerprint density at radius 1 is 0.700 bits per heavy atom. The number of hydrogen-bond donors (Lipinski definition) is 2. The maximum atomic E-state index is 14.4. The van der Waals surface area contributed by atoms with Crippen LogP contribution in [0.4, 0.5) is 17.6 Å². The molecule has 2 amide bonds. The van der Waals surface area contributed by atoms with Crippen LogP contribution < -0.4 is 10.6 Å². The maximum absolute atomic E-state index is 14.4. The maximum Gasteiger partial charge on any atom is 0.395 e. The van der Waals surface area contributed by atoms with E-state index in [1.54, 1.807) is 13.8 Å². The summed E-state index contributed by atoms with van der Waals surface area (Å²) in [5.41, 5.74) is 0. The van der Waals surface area contributed by atoms with E-state index < -0.39 is 35.7 Å². The summed E-state index contributed by atoms with van der Waals surface area (Å²) in [4.78, 5) is 24.2. The minimum atomic E-state index is -5.10. The Hall–Kier alpha value is -1.34. The summed E-state index contributed by atoms with van der Waals surface area (Å²) in [6.45, 7) is 3.18. The van der Waals surface area contributed by atoms with Gasteiger partial charge >= 0.3 is 11.8 Å². The van der Waals surface area contributed by atoms with E-state index in [0.717, 1.165) is 51.4 Å². The first kappa shape index (κ1) is 21.9. The van der Waals surface area contributed by atoms with Crippen LogP contribution in [0, 0.1) is 35.5 Å². The Bertz CT molecular complexity index is 643. The summed E-state index contributed by atoms with van der Waals surface area (Å²) in [5.74, 6) is -12.5. The van der Waals surface area contributed by atoms with E-state index >= 15 is 0 Å². The second-order valence-electron chi connectivity index (χ2n) is 10.4. The monoisotopic (exact) mass is 432 g/mol. The molecule has 0 aromatic heterocycles. The van der Waals surface area contributed by atoms with Crippen molar-refractivity contribution in [3.05, 3.63) is 0 Å². The first-order chi connectivity index (χ1) is 14.0. The fourth-order valence-electron chi connectivity index (χ4n) is 6.91. The predicted molar refractivity (Wildman–Crippen MR) is 103 cm³/mol. The van der Waals surface area contributed by atoms with Crippen LogP contribution in [0.5, 0.6) is 0 Å². The van der Waals surface area contributed by atoms with Crippen molar-refractivity contribution in [2.75, 3.05) is 0 Å². The Morgan fingerprint density at radius 3 is 1.33 bits per heavy atom. The van der Waals surface area contributed by atoms with Crippen LogP contribution >= 0.6 is 0 Å². The molecule has 4 rings (SSSR count). The molecule has 0 saturated heterocycles. The lowest BCUT2D eigenvalue weighted by molar-refractivity contribution is -0.212. The van der Waals surface area contributed by atoms with E-state index in [1.807, 2.05) is 0 Å². The third kappa shape index (κ3) is 3.62. The number of fused-ring (bicyclic) bond motifs is 4. The van der Waals surface area contributed by atoms with Gasteiger partial charge < -0.3 is 10.6 Å². The van der Waals surface area contributed by atoms with Crippen molar-refractivity contribution in [2.45, 2.75) is 89.1 Å². The molecule has 0 spiro atoms. The van der Waals surface area contributed by atoms with Gasteiger partial charge in [0.2, 0.25) is 0 Å². The van der Waals surface area contributed by atoms with Gasteiger partial charge in [-0.25, -0.2) is 0 Å². The SMILES string of the molecule is C[C@@H](NC(=O)C(F)(F)C(F)(F)C(=O)N[C@H](C)[C@@H]1C[C@@H]2CC[C@@H]1C2)[C@@H]1C[C@@H]2CC[C@@H]1C2. The molecule has 30 heavy (non-hydrogen) atoms. The summed E-state index contributed by atoms with van der Waals surface area (Å²) in [6.07, 6.45) is 7.89. The second kappa shape index (κ2) is 7.66. The van der Waals surface area contributed by atoms with Crippen LogP contribution in [0.1, 0.15) is 65.2 Å². The minimum absolute atomic E-state index is 0.0313. The van der Waals surface area contributed by atoms with Crippen LogP contribution in [0.15, 0.2) is 0 Å². The van der Waals surface area contributed by atoms with Crippen molar-refractivity contribution in [3.63, 3.8) is 0 Å². The average Bonchev–Trinajstić information content (AvgIpc) is 3.47. The molecule has 0 aliphatic heterocycles. The van der Waals surface area contributed by atoms with Crippen LogP contribution in [0.3, 0.4) is 0 Å². The van der Waals surface area contributed by atoms with Gasteiger partial charge in [-0.1, -0.05) is 12.8 Å². The highest BCUT2D eigenvalue weighted by molar-refractivity contribution is 5.95. The van der Waals surface area contributed by atoms with Crippen LogP contribution in [-0.2, 0) is 9.59 Å². The number of carbonyl (C=O) groups excluding carboxylic acids is 2. The number of halogens is 4. The highest BCUT2D eigenvalue weighted by Crippen LogP contribution is 2.50. The molecule has 0 unspecified atom stereocenters. The summed E-state index contributed by atoms with van der Waals surface area (Å²) < 4.78 is 57.7. The quantitative estimate of drug-likeness (QED) is 0.594. The Balaban J connectivity index is 1.36. The smallest absolute Gasteiger partial charge is 0.348 e. The van der Waals surface area contributed by atoms with Gasteiger partial charge in [0, 0.05) is 12.1 Å². The molecule has 4 aliphatic rings. The van der Waals surface area contributed by atoms with Gasteiger partial charge in [-0.2, -0.15) is 17.6 Å². The second-order valence-corrected chi connectivity index (χ2v) is 10.4. The lowest BCUT2D eigenvalue weighted by atomic mass is 9.83. The lowest BCUT2D eigenvalue weighted by Crippen LogP contribution is -2.62. The summed E-state index contributed by atoms with van der Waals surface area (Å²) in [7, 11) is 0. The first-order valence-corrected chi connectivity index (χ1v) is 11.4. The molecule has 170 valence electrons. The Labute approximate surface area is 174 Å². The van der Waals surface area contributed by atoms with Gasteiger partial charge in [0.25, 0.3) is 11.8 Å². The number of amides is 2. The van der Waals surface area contributed by atoms with Crippen LogP contribution in [0.2, 0.25) is 0 Å². The summed E-state index contributed by atoms with van der Waals surface area (Å²) in [5, 5.41) is 4.18. The third-order valence-electron chi connectivity index (χ3n) is 8.55. The number of alkyl halides is 4. The van der Waals surface area contributed by atoms with Crippen molar-refractivity contribution in [3.8, 4) is 0 Å². The van der Waals surface area contributed by atoms with Crippen molar-refractivity contribution >= 4 is 11.8 Å². The fraction of sp³-hybridized carbons (Fsp3) is 0.909. The molecule has 4 bridgehead atoms. The van der Waals surface area contributed by atoms with E-state index in [4.69, 9.17) is 0 Å². The standard InChI is InChI=1S/C22H32F4N2O2/c1-11(17-9-13-3-5-15(17)7-13)27-19(29)21(23,24)22(25,26)20(30)28-12(2)18-10-14-4-6-16(18)8-14/h11-18H,3-10H2,1-2H3,(H,27,29)(H,28,30)/t11-,12-,13-,14-,15-,16-,17+,18+/m1/s1. The fourth-order valence-corrected chi connectivity index (χ4v) is 6.91. The molecular formula is C22H32F4N2O2. The molecule has 4 nitrogen and oxygen atoms in total. The van der Waals surface area contributed by atoms with Crippen molar-refractivity contribution < 1.29 is 27.2 Å². The molecule has 4 aliphatic carbocycles. The van der Waals surface area contributed by atoms with Crippen LogP contribution in [0.25, 0.3) is 0 Å². The zero-order valence-electron chi connectivity index (χ0n) is 17.6. The highest BCUT2D eigenvalue weighted by atomic mass is 19.3. The van der Waals surface area contributed by atoms with Gasteiger partial charge in [0.1, 0.15) is 0 Å². The number of hydrogen-bond acceptors (Lipinski definition) is 2. The Morgan fingerprint density at radius 2 is 1.07 bits per heavy atom. The van der Waals surface area contributed by atoms with Crippen molar-refractivity contribution in [1.82, 2.24) is 10.6 Å². The van der Waals surface area contributed by atoms with Gasteiger partial charge in [-0.3, -0.25) is 9.59 Å². The van der Waals surface area contributed by atoms with Crippen molar-refractivity contribution in [1.29, 1.82) is 0 Å². The lowest BCUT2D eigenvalue weighted by Gasteiger charge is -2.33. The van der Waals surface area contributed by atoms with Gasteiger partial charge in [-0.15, -0.1) is 0 Å². The molecule has 0 heterocycles. The van der Waals surface area contributed by atoms with Crippen molar-refractivity contribution in [2.24, 2.45) is 35.5 Å². The van der Waals surface area contributed by atoms with E-state index in [2.05, 4.69) is 10.6 Å². The molecule has 0 radical (unpaired) electrons. The molecule has 0 aromatic carbocycles. The third-order valence-corrected chi connectivity index (χ3v) is 8.55. The molecule has 4 fully saturated rings. The Kier molecular flexibility index (Phi) is 5.59. The zero-order chi connectivity index (χ0) is 21.8. The van der Waals surface area contributed by atoms with E-state index in [9.17, 15) is 27.2 Å². The average molecular weight is 433 g/mol. The first-order valence-electron chi connectivity index (χ1n) is 11.4. The van der Waals surface area contributed by atoms with E-state index in [-0.39, 0.29) is 11.8 Å². The molecule has 2 N–H and O–H groups in total. The van der Waals surface area contributed by atoms with E-state index in [0.29, 0.717) is 23.7 Å². The van der Waals surface area contributed by atoms with Gasteiger partial charge in [0.15, 0.2) is 0 Å². The minimum Gasteiger partial charge on any atom is -0.348 e. The van der Waals surface area contributed by atoms with Gasteiger partial charge in [-0.05, 0) is 87.9 Å². The topological polar surface area (TPSA) is 58.2 Å². The largest absolute Gasteiger partial charge is 0.395 e. The number of nitrogens with one attached hydrogen (secondary N) is 2.